The fourth-order valence-corrected chi connectivity index (χ4v) is 15.4. The summed E-state index contributed by atoms with van der Waals surface area (Å²) < 4.78 is 25.6. The van der Waals surface area contributed by atoms with Gasteiger partial charge < -0.3 is 78.9 Å². The molecule has 6 aromatic heterocycles. The van der Waals surface area contributed by atoms with Crippen molar-refractivity contribution >= 4 is 89.8 Å². The van der Waals surface area contributed by atoms with Gasteiger partial charge in [-0.25, -0.2) is 5.25 Å². The summed E-state index contributed by atoms with van der Waals surface area (Å²) in [6, 6.07) is 48.4. The zero-order valence-corrected chi connectivity index (χ0v) is 49.4. The minimum atomic E-state index is -1.15. The van der Waals surface area contributed by atoms with E-state index in [1.807, 2.05) is 131 Å². The third kappa shape index (κ3) is 9.74. The number of nitrogens with two attached hydrogens (primary N) is 1. The van der Waals surface area contributed by atoms with Crippen molar-refractivity contribution in [1.29, 1.82) is 0 Å². The molecular weight excluding hydrogens is 1150 g/mol. The van der Waals surface area contributed by atoms with E-state index in [1.54, 1.807) is 0 Å². The lowest BCUT2D eigenvalue weighted by Gasteiger charge is -2.39. The van der Waals surface area contributed by atoms with Crippen molar-refractivity contribution in [3.05, 3.63) is 215 Å². The summed E-state index contributed by atoms with van der Waals surface area (Å²) in [5.74, 6) is -3.65. The minimum absolute atomic E-state index is 0. The Kier molecular flexibility index (Phi) is 15.7. The molecule has 5 aliphatic rings. The Morgan fingerprint density at radius 3 is 1.21 bits per heavy atom. The van der Waals surface area contributed by atoms with Crippen molar-refractivity contribution in [1.82, 2.24) is 29.9 Å². The number of aromatic nitrogens is 6. The van der Waals surface area contributed by atoms with Crippen LogP contribution in [-0.4, -0.2) is 124 Å². The molecule has 13 atom stereocenters. The van der Waals surface area contributed by atoms with E-state index in [9.17, 15) is 30.0 Å². The first kappa shape index (κ1) is 59.8. The van der Waals surface area contributed by atoms with Gasteiger partial charge in [-0.3, -0.25) is 0 Å². The molecule has 18 heteroatoms. The van der Waals surface area contributed by atoms with Gasteiger partial charge in [0.25, 0.3) is 0 Å². The molecule has 458 valence electrons. The number of ether oxygens (including phenoxy) is 4. The Hall–Kier alpha value is -8.17. The number of aldehydes is 2. The average molecular weight is 1220 g/mol. The fourth-order valence-electron chi connectivity index (χ4n) is 15.4. The Morgan fingerprint density at radius 2 is 0.787 bits per heavy atom. The Bertz CT molecular complexity index is 4570. The highest BCUT2D eigenvalue weighted by Crippen LogP contribution is 2.56. The zero-order chi connectivity index (χ0) is 60.9. The molecule has 0 bridgehead atoms. The zero-order valence-electron chi connectivity index (χ0n) is 48.6. The van der Waals surface area contributed by atoms with Gasteiger partial charge in [0.15, 0.2) is 11.6 Å². The molecule has 13 unspecified atom stereocenters. The van der Waals surface area contributed by atoms with Crippen LogP contribution in [0.3, 0.4) is 0 Å². The van der Waals surface area contributed by atoms with Crippen molar-refractivity contribution in [2.24, 2.45) is 5.25 Å². The van der Waals surface area contributed by atoms with Crippen LogP contribution in [0.1, 0.15) is 121 Å². The number of hydrogen-bond acceptors (Lipinski definition) is 11. The van der Waals surface area contributed by atoms with Crippen molar-refractivity contribution in [3.8, 4) is 0 Å². The molecule has 0 amide bonds. The van der Waals surface area contributed by atoms with Crippen LogP contribution in [0.5, 0.6) is 0 Å². The molecule has 2 fully saturated rings. The molecule has 0 radical (unpaired) electrons. The van der Waals surface area contributed by atoms with E-state index >= 15 is 0 Å². The van der Waals surface area contributed by atoms with Gasteiger partial charge in [-0.15, -0.1) is 0 Å². The Morgan fingerprint density at radius 1 is 0.461 bits per heavy atom. The maximum Gasteiger partial charge on any atom is 0.163 e. The van der Waals surface area contributed by atoms with Gasteiger partial charge in [0.2, 0.25) is 0 Å². The number of rotatable bonds is 7. The van der Waals surface area contributed by atoms with E-state index in [1.165, 1.54) is 5.39 Å². The second kappa shape index (κ2) is 23.3. The van der Waals surface area contributed by atoms with Crippen molar-refractivity contribution in [2.75, 3.05) is 6.61 Å². The van der Waals surface area contributed by atoms with Gasteiger partial charge >= 0.3 is 0 Å². The lowest BCUT2D eigenvalue weighted by atomic mass is 9.71. The van der Waals surface area contributed by atoms with E-state index < -0.39 is 47.6 Å². The van der Waals surface area contributed by atoms with E-state index in [0.29, 0.717) is 0 Å². The minimum Gasteiger partial charge on any atom is -0.394 e. The molecule has 0 saturated carbocycles. The number of fused-ring (bicyclic) bond motifs is 14. The summed E-state index contributed by atoms with van der Waals surface area (Å²) in [7, 11) is 0. The quantitative estimate of drug-likeness (QED) is 0.0527. The van der Waals surface area contributed by atoms with E-state index in [2.05, 4.69) is 108 Å². The first-order chi connectivity index (χ1) is 42.8. The SMILES string of the molecule is C.CC1(C)OC2C(C=O)c3c([nH]c4ccccc34)C(c3c[nH]c4ccccc34)C2O1.CC1(C)OC2C(c3c[nH]c4ccccc34)c3[nH]c4ccccc4c3C(C(O)CO)C2O1.NCl.O=CC1c2c([nH]c3ccccc23)C(c2c[nH]c3ccccc23)C(O)C1O. The van der Waals surface area contributed by atoms with Crippen LogP contribution in [-0.2, 0) is 28.5 Å². The third-order valence-electron chi connectivity index (χ3n) is 18.8. The number of hydrogen-bond donors (Lipinski definition) is 11. The van der Waals surface area contributed by atoms with Gasteiger partial charge in [-0.2, -0.15) is 0 Å². The lowest BCUT2D eigenvalue weighted by Crippen LogP contribution is -2.45. The predicted molar refractivity (Wildman–Crippen MR) is 345 cm³/mol. The molecule has 2 saturated heterocycles. The summed E-state index contributed by atoms with van der Waals surface area (Å²) in [6.45, 7) is 7.32. The highest BCUT2D eigenvalue weighted by Gasteiger charge is 2.58. The van der Waals surface area contributed by atoms with E-state index in [4.69, 9.17) is 18.9 Å². The van der Waals surface area contributed by atoms with Gasteiger partial charge in [-0.1, -0.05) is 117 Å². The average Bonchev–Trinajstić information content (AvgIpc) is 1.60. The summed E-state index contributed by atoms with van der Waals surface area (Å²) in [5, 5.41) is 52.7. The number of para-hydroxylation sites is 6. The number of H-pyrrole nitrogens is 6. The maximum absolute atomic E-state index is 12.3. The first-order valence-electron chi connectivity index (χ1n) is 29.7. The number of nitrogens with one attached hydrogen (secondary N) is 6. The van der Waals surface area contributed by atoms with Gasteiger partial charge in [0.1, 0.15) is 30.9 Å². The molecule has 0 spiro atoms. The molecule has 8 heterocycles. The van der Waals surface area contributed by atoms with Gasteiger partial charge in [0.05, 0.1) is 60.6 Å². The molecule has 2 aliphatic heterocycles. The molecule has 17 rings (SSSR count). The van der Waals surface area contributed by atoms with Crippen molar-refractivity contribution < 1.29 is 49.0 Å². The van der Waals surface area contributed by atoms with E-state index in [0.717, 1.165) is 123 Å². The summed E-state index contributed by atoms with van der Waals surface area (Å²) >= 11 is 4.14. The fraction of sp³-hybridized carbons (Fsp3) is 0.296. The molecule has 6 aromatic carbocycles. The second-order valence-corrected chi connectivity index (χ2v) is 24.5. The molecule has 12 N–H and O–H groups in total. The number of halogens is 1. The van der Waals surface area contributed by atoms with Gasteiger partial charge in [0, 0.05) is 107 Å². The molecule has 3 aliphatic carbocycles. The smallest absolute Gasteiger partial charge is 0.163 e. The summed E-state index contributed by atoms with van der Waals surface area (Å²) in [4.78, 5) is 44.7. The van der Waals surface area contributed by atoms with Crippen LogP contribution < -0.4 is 5.25 Å². The Balaban J connectivity index is 0.000000121. The van der Waals surface area contributed by atoms with Gasteiger partial charge in [-0.05, 0) is 109 Å². The molecule has 89 heavy (non-hydrogen) atoms. The summed E-state index contributed by atoms with van der Waals surface area (Å²) in [5.41, 5.74) is 15.0. The summed E-state index contributed by atoms with van der Waals surface area (Å²) in [6.07, 6.45) is 3.30. The van der Waals surface area contributed by atoms with Crippen LogP contribution in [0, 0.1) is 0 Å². The molecule has 17 nitrogen and oxygen atoms in total. The standard InChI is InChI=1S/C25H26N2O4.C24H22N2O3.C21H18N2O3.CH4.ClH2N/c1-25(2)30-23-20(15-11-26-16-9-5-3-7-13(15)16)22-19(14-8-4-6-10-17(14)27-22)21(18(29)12-28)24(23)31-25;1-24(2)28-22-16(12-27)19-14-8-4-6-10-18(14)26-21(19)20(23(22)29-24)15-11-25-17-9-5-3-7-13(15)17;24-10-14-17-12-6-2-4-8-16(12)23-19(17)18(21(26)20(14)25)13-9-22-15-7-3-1-5-11(13)15;;1-2/h3-11,18,20-21,23-24,26-29H,12H2,1-2H3;3-12,16,20,22-23,25-26H,1-2H3;1-10,14,18,20-23,25-26H;1H4;2H2. The van der Waals surface area contributed by atoms with Crippen LogP contribution >= 0.6 is 11.8 Å². The maximum atomic E-state index is 12.3. The predicted octanol–water partition coefficient (Wildman–Crippen LogP) is 11.9. The number of aromatic amines is 6. The van der Waals surface area contributed by atoms with Crippen LogP contribution in [0.4, 0.5) is 0 Å². The number of aliphatic hydroxyl groups is 4. The van der Waals surface area contributed by atoms with Crippen molar-refractivity contribution in [2.45, 2.75) is 125 Å². The highest BCUT2D eigenvalue weighted by atomic mass is 35.5. The number of aliphatic hydroxyl groups excluding tert-OH is 4. The lowest BCUT2D eigenvalue weighted by molar-refractivity contribution is -0.151. The van der Waals surface area contributed by atoms with Crippen molar-refractivity contribution in [3.63, 3.8) is 0 Å². The normalized spacial score (nSPS) is 26.3. The van der Waals surface area contributed by atoms with Crippen LogP contribution in [0.25, 0.3) is 65.4 Å². The second-order valence-electron chi connectivity index (χ2n) is 24.5. The largest absolute Gasteiger partial charge is 0.394 e. The molecule has 12 aromatic rings. The van der Waals surface area contributed by atoms with Crippen LogP contribution in [0.2, 0.25) is 0 Å². The number of benzene rings is 6. The van der Waals surface area contributed by atoms with Crippen LogP contribution in [0.15, 0.2) is 164 Å². The number of carbonyl (C=O) groups is 2. The third-order valence-corrected chi connectivity index (χ3v) is 18.8. The van der Waals surface area contributed by atoms with E-state index in [-0.39, 0.29) is 56.2 Å². The topological polar surface area (TPSA) is 273 Å². The molecular formula is C71H72ClN7O10. The first-order valence-corrected chi connectivity index (χ1v) is 30.2. The Labute approximate surface area is 517 Å². The monoisotopic (exact) mass is 1220 g/mol. The highest BCUT2D eigenvalue weighted by molar-refractivity contribution is 6.11. The number of carbonyl (C=O) groups excluding carboxylic acids is 2.